The summed E-state index contributed by atoms with van der Waals surface area (Å²) in [6.07, 6.45) is 4.19. The van der Waals surface area contributed by atoms with Crippen LogP contribution in [0.1, 0.15) is 30.6 Å². The molecule has 0 fully saturated rings. The van der Waals surface area contributed by atoms with E-state index in [1.165, 1.54) is 0 Å². The minimum atomic E-state index is 0.118. The molecular weight excluding hydrogens is 150 g/mol. The van der Waals surface area contributed by atoms with Gasteiger partial charge in [-0.15, -0.1) is 0 Å². The van der Waals surface area contributed by atoms with Gasteiger partial charge in [0.1, 0.15) is 0 Å². The van der Waals surface area contributed by atoms with Crippen molar-refractivity contribution in [2.24, 2.45) is 5.92 Å². The molecule has 1 rings (SSSR count). The summed E-state index contributed by atoms with van der Waals surface area (Å²) in [5, 5.41) is 0. The first kappa shape index (κ1) is 8.91. The maximum Gasteiger partial charge on any atom is 0.165 e. The first-order valence-corrected chi connectivity index (χ1v) is 4.20. The third kappa shape index (κ3) is 1.91. The van der Waals surface area contributed by atoms with Crippen molar-refractivity contribution < 1.29 is 4.79 Å². The Morgan fingerprint density at radius 1 is 1.50 bits per heavy atom. The summed E-state index contributed by atoms with van der Waals surface area (Å²) in [6.45, 7) is 3.96. The molecule has 0 radical (unpaired) electrons. The second-order valence-corrected chi connectivity index (χ2v) is 2.91. The van der Waals surface area contributed by atoms with Gasteiger partial charge >= 0.3 is 0 Å². The van der Waals surface area contributed by atoms with E-state index in [-0.39, 0.29) is 11.7 Å². The predicted molar refractivity (Wildman–Crippen MR) is 48.0 cm³/mol. The first-order chi connectivity index (χ1) is 5.75. The van der Waals surface area contributed by atoms with Crippen LogP contribution in [-0.4, -0.2) is 10.8 Å². The molecule has 0 aliphatic rings. The second-order valence-electron chi connectivity index (χ2n) is 2.91. The van der Waals surface area contributed by atoms with Crippen LogP contribution in [0, 0.1) is 5.92 Å². The summed E-state index contributed by atoms with van der Waals surface area (Å²) in [5.41, 5.74) is 0.763. The highest BCUT2D eigenvalue weighted by Gasteiger charge is 2.11. The second kappa shape index (κ2) is 4.00. The molecule has 0 aliphatic carbocycles. The van der Waals surface area contributed by atoms with E-state index >= 15 is 0 Å². The minimum absolute atomic E-state index is 0.118. The van der Waals surface area contributed by atoms with Crippen LogP contribution in [0.4, 0.5) is 0 Å². The van der Waals surface area contributed by atoms with Gasteiger partial charge in [-0.25, -0.2) is 0 Å². The number of hydrogen-bond donors (Lipinski definition) is 0. The van der Waals surface area contributed by atoms with Crippen molar-refractivity contribution in [3.63, 3.8) is 0 Å². The maximum absolute atomic E-state index is 11.5. The summed E-state index contributed by atoms with van der Waals surface area (Å²) in [7, 11) is 0. The molecule has 0 N–H and O–H groups in total. The Kier molecular flexibility index (Phi) is 2.97. The highest BCUT2D eigenvalue weighted by Crippen LogP contribution is 2.09. The summed E-state index contributed by atoms with van der Waals surface area (Å²) >= 11 is 0. The lowest BCUT2D eigenvalue weighted by Crippen LogP contribution is -2.09. The third-order valence-corrected chi connectivity index (χ3v) is 2.02. The number of nitrogens with zero attached hydrogens (tertiary/aromatic N) is 1. The van der Waals surface area contributed by atoms with Gasteiger partial charge in [0.05, 0.1) is 0 Å². The summed E-state index contributed by atoms with van der Waals surface area (Å²) in [4.78, 5) is 15.4. The molecule has 1 heterocycles. The number of Topliss-reactive ketones (excluding diaryl/α,β-unsaturated/α-hetero) is 1. The number of pyridine rings is 1. The van der Waals surface area contributed by atoms with Crippen molar-refractivity contribution in [3.8, 4) is 0 Å². The van der Waals surface area contributed by atoms with Crippen molar-refractivity contribution in [1.29, 1.82) is 0 Å². The van der Waals surface area contributed by atoms with Gasteiger partial charge in [0.25, 0.3) is 0 Å². The molecule has 2 heteroatoms. The molecule has 1 unspecified atom stereocenters. The van der Waals surface area contributed by atoms with Crippen molar-refractivity contribution in [2.75, 3.05) is 0 Å². The Balaban J connectivity index is 2.79. The molecular formula is C10H13NO. The molecule has 0 saturated carbocycles. The van der Waals surface area contributed by atoms with Gasteiger partial charge in [0, 0.05) is 23.9 Å². The third-order valence-electron chi connectivity index (χ3n) is 2.02. The number of carbonyl (C=O) groups is 1. The van der Waals surface area contributed by atoms with Crippen LogP contribution < -0.4 is 0 Å². The van der Waals surface area contributed by atoms with E-state index in [0.29, 0.717) is 0 Å². The molecule has 1 aromatic rings. The zero-order valence-electron chi connectivity index (χ0n) is 7.45. The van der Waals surface area contributed by atoms with Gasteiger partial charge in [0.15, 0.2) is 5.78 Å². The van der Waals surface area contributed by atoms with E-state index in [1.54, 1.807) is 24.5 Å². The summed E-state index contributed by atoms with van der Waals surface area (Å²) in [6, 6.07) is 3.52. The minimum Gasteiger partial charge on any atom is -0.294 e. The lowest BCUT2D eigenvalue weighted by molar-refractivity contribution is 0.0927. The van der Waals surface area contributed by atoms with Gasteiger partial charge in [-0.3, -0.25) is 9.78 Å². The van der Waals surface area contributed by atoms with E-state index in [4.69, 9.17) is 0 Å². The van der Waals surface area contributed by atoms with Crippen molar-refractivity contribution in [2.45, 2.75) is 20.3 Å². The van der Waals surface area contributed by atoms with E-state index in [0.717, 1.165) is 12.0 Å². The summed E-state index contributed by atoms with van der Waals surface area (Å²) < 4.78 is 0. The van der Waals surface area contributed by atoms with E-state index in [2.05, 4.69) is 4.98 Å². The molecule has 0 aromatic carbocycles. The van der Waals surface area contributed by atoms with Crippen molar-refractivity contribution in [3.05, 3.63) is 30.1 Å². The molecule has 0 aliphatic heterocycles. The largest absolute Gasteiger partial charge is 0.294 e. The van der Waals surface area contributed by atoms with Crippen LogP contribution in [0.5, 0.6) is 0 Å². The fourth-order valence-electron chi connectivity index (χ4n) is 0.986. The zero-order valence-corrected chi connectivity index (χ0v) is 7.45. The van der Waals surface area contributed by atoms with Gasteiger partial charge in [-0.05, 0) is 18.6 Å². The molecule has 0 bridgehead atoms. The number of rotatable bonds is 3. The SMILES string of the molecule is CCC(C)C(=O)c1ccncc1. The van der Waals surface area contributed by atoms with Gasteiger partial charge < -0.3 is 0 Å². The molecule has 64 valence electrons. The predicted octanol–water partition coefficient (Wildman–Crippen LogP) is 2.31. The Labute approximate surface area is 72.6 Å². The Hall–Kier alpha value is -1.18. The quantitative estimate of drug-likeness (QED) is 0.640. The zero-order chi connectivity index (χ0) is 8.97. The maximum atomic E-state index is 11.5. The Morgan fingerprint density at radius 2 is 2.08 bits per heavy atom. The van der Waals surface area contributed by atoms with Crippen LogP contribution in [0.15, 0.2) is 24.5 Å². The van der Waals surface area contributed by atoms with Crippen LogP contribution in [0.2, 0.25) is 0 Å². The van der Waals surface area contributed by atoms with Crippen LogP contribution >= 0.6 is 0 Å². The number of hydrogen-bond acceptors (Lipinski definition) is 2. The van der Waals surface area contributed by atoms with Gasteiger partial charge in [-0.1, -0.05) is 13.8 Å². The van der Waals surface area contributed by atoms with Gasteiger partial charge in [-0.2, -0.15) is 0 Å². The average molecular weight is 163 g/mol. The highest BCUT2D eigenvalue weighted by atomic mass is 16.1. The Morgan fingerprint density at radius 3 is 2.58 bits per heavy atom. The molecule has 12 heavy (non-hydrogen) atoms. The fourth-order valence-corrected chi connectivity index (χ4v) is 0.986. The van der Waals surface area contributed by atoms with Crippen molar-refractivity contribution in [1.82, 2.24) is 4.98 Å². The van der Waals surface area contributed by atoms with Crippen LogP contribution in [0.25, 0.3) is 0 Å². The molecule has 0 spiro atoms. The normalized spacial score (nSPS) is 12.5. The standard InChI is InChI=1S/C10H13NO/c1-3-8(2)10(12)9-4-6-11-7-5-9/h4-8H,3H2,1-2H3. The smallest absolute Gasteiger partial charge is 0.165 e. The number of carbonyl (C=O) groups excluding carboxylic acids is 1. The fraction of sp³-hybridized carbons (Fsp3) is 0.400. The molecule has 1 atom stereocenters. The van der Waals surface area contributed by atoms with Crippen molar-refractivity contribution >= 4 is 5.78 Å². The highest BCUT2D eigenvalue weighted by molar-refractivity contribution is 5.97. The monoisotopic (exact) mass is 163 g/mol. The lowest BCUT2D eigenvalue weighted by atomic mass is 9.98. The molecule has 1 aromatic heterocycles. The van der Waals surface area contributed by atoms with E-state index in [1.807, 2.05) is 13.8 Å². The summed E-state index contributed by atoms with van der Waals surface area (Å²) in [5.74, 6) is 0.326. The van der Waals surface area contributed by atoms with Gasteiger partial charge in [0.2, 0.25) is 0 Å². The number of aromatic nitrogens is 1. The van der Waals surface area contributed by atoms with Crippen LogP contribution in [0.3, 0.4) is 0 Å². The Bertz CT molecular complexity index is 256. The molecule has 0 saturated heterocycles. The van der Waals surface area contributed by atoms with Crippen LogP contribution in [-0.2, 0) is 0 Å². The van der Waals surface area contributed by atoms with E-state index < -0.39 is 0 Å². The van der Waals surface area contributed by atoms with E-state index in [9.17, 15) is 4.79 Å². The lowest BCUT2D eigenvalue weighted by Gasteiger charge is -2.05. The first-order valence-electron chi connectivity index (χ1n) is 4.20. The topological polar surface area (TPSA) is 30.0 Å². The average Bonchev–Trinajstić information content (AvgIpc) is 2.17. The number of ketones is 1. The molecule has 0 amide bonds. The molecule has 2 nitrogen and oxygen atoms in total.